The first-order chi connectivity index (χ1) is 7.65. The van der Waals surface area contributed by atoms with Crippen LogP contribution in [-0.2, 0) is 11.2 Å². The largest absolute Gasteiger partial charge is 0.388 e. The van der Waals surface area contributed by atoms with Crippen LogP contribution >= 0.6 is 0 Å². The fraction of sp³-hybridized carbons (Fsp3) is 0.538. The summed E-state index contributed by atoms with van der Waals surface area (Å²) in [5, 5.41) is 13.3. The van der Waals surface area contributed by atoms with Gasteiger partial charge in [0.2, 0.25) is 0 Å². The third-order valence-corrected chi connectivity index (χ3v) is 3.28. The molecule has 1 saturated heterocycles. The highest BCUT2D eigenvalue weighted by molar-refractivity contribution is 5.17. The van der Waals surface area contributed by atoms with E-state index in [0.29, 0.717) is 6.61 Å². The Kier molecular flexibility index (Phi) is 3.28. The second-order valence-corrected chi connectivity index (χ2v) is 4.63. The molecule has 1 fully saturated rings. The average Bonchev–Trinajstić information content (AvgIpc) is 3.06. The van der Waals surface area contributed by atoms with Crippen LogP contribution in [0.2, 0.25) is 0 Å². The van der Waals surface area contributed by atoms with Crippen molar-refractivity contribution in [1.29, 1.82) is 0 Å². The van der Waals surface area contributed by atoms with E-state index >= 15 is 0 Å². The molecule has 16 heavy (non-hydrogen) atoms. The summed E-state index contributed by atoms with van der Waals surface area (Å²) in [6.07, 6.45) is 0.356. The lowest BCUT2D eigenvalue weighted by Gasteiger charge is -2.25. The zero-order valence-electron chi connectivity index (χ0n) is 9.81. The Labute approximate surface area is 96.4 Å². The summed E-state index contributed by atoms with van der Waals surface area (Å²) >= 11 is 0. The number of rotatable bonds is 5. The predicted octanol–water partition coefficient (Wildman–Crippen LogP) is 0.967. The minimum atomic E-state index is -0.460. The first-order valence-corrected chi connectivity index (χ1v) is 5.69. The summed E-state index contributed by atoms with van der Waals surface area (Å²) in [5.74, 6) is 0. The van der Waals surface area contributed by atoms with Gasteiger partial charge in [-0.1, -0.05) is 30.3 Å². The molecule has 0 bridgehead atoms. The van der Waals surface area contributed by atoms with Crippen LogP contribution in [-0.4, -0.2) is 36.5 Å². The number of benzene rings is 1. The van der Waals surface area contributed by atoms with Crippen molar-refractivity contribution in [3.8, 4) is 0 Å². The van der Waals surface area contributed by atoms with Crippen LogP contribution in [0.3, 0.4) is 0 Å². The van der Waals surface area contributed by atoms with Crippen LogP contribution in [0.1, 0.15) is 12.5 Å². The highest BCUT2D eigenvalue weighted by Gasteiger charge is 2.49. The maximum Gasteiger partial charge on any atom is 0.116 e. The first-order valence-electron chi connectivity index (χ1n) is 5.69. The van der Waals surface area contributed by atoms with Crippen molar-refractivity contribution >= 4 is 0 Å². The molecule has 1 aliphatic rings. The molecule has 1 aromatic rings. The van der Waals surface area contributed by atoms with Crippen LogP contribution in [0.15, 0.2) is 30.3 Å². The molecule has 2 N–H and O–H groups in total. The summed E-state index contributed by atoms with van der Waals surface area (Å²) in [5.41, 5.74) is 0.882. The van der Waals surface area contributed by atoms with Crippen molar-refractivity contribution in [2.24, 2.45) is 0 Å². The third-order valence-electron chi connectivity index (χ3n) is 3.28. The normalized spacial score (nSPS) is 27.4. The molecule has 88 valence electrons. The fourth-order valence-corrected chi connectivity index (χ4v) is 1.95. The van der Waals surface area contributed by atoms with E-state index < -0.39 is 6.10 Å². The van der Waals surface area contributed by atoms with E-state index in [1.807, 2.05) is 32.2 Å². The molecule has 0 aliphatic carbocycles. The van der Waals surface area contributed by atoms with Crippen molar-refractivity contribution in [2.45, 2.75) is 31.1 Å². The molecule has 0 saturated carbocycles. The first kappa shape index (κ1) is 11.6. The molecular formula is C13H19NO2. The smallest absolute Gasteiger partial charge is 0.116 e. The Hall–Kier alpha value is -0.900. The maximum atomic E-state index is 10.2. The van der Waals surface area contributed by atoms with Gasteiger partial charge < -0.3 is 15.2 Å². The quantitative estimate of drug-likeness (QED) is 0.728. The van der Waals surface area contributed by atoms with E-state index in [1.165, 1.54) is 5.56 Å². The van der Waals surface area contributed by atoms with Gasteiger partial charge in [0, 0.05) is 6.04 Å². The van der Waals surface area contributed by atoms with Crippen LogP contribution in [0, 0.1) is 0 Å². The van der Waals surface area contributed by atoms with E-state index in [4.69, 9.17) is 4.74 Å². The Morgan fingerprint density at radius 2 is 2.06 bits per heavy atom. The summed E-state index contributed by atoms with van der Waals surface area (Å²) in [6.45, 7) is 2.61. The van der Waals surface area contributed by atoms with Gasteiger partial charge in [0.25, 0.3) is 0 Å². The highest BCUT2D eigenvalue weighted by Crippen LogP contribution is 2.32. The van der Waals surface area contributed by atoms with Gasteiger partial charge in [0.05, 0.1) is 6.61 Å². The van der Waals surface area contributed by atoms with E-state index in [1.54, 1.807) is 0 Å². The van der Waals surface area contributed by atoms with Crippen molar-refractivity contribution in [1.82, 2.24) is 5.32 Å². The van der Waals surface area contributed by atoms with Gasteiger partial charge in [-0.2, -0.15) is 0 Å². The van der Waals surface area contributed by atoms with Crippen molar-refractivity contribution in [3.63, 3.8) is 0 Å². The monoisotopic (exact) mass is 221 g/mol. The van der Waals surface area contributed by atoms with Crippen molar-refractivity contribution in [2.75, 3.05) is 13.7 Å². The topological polar surface area (TPSA) is 44.8 Å². The van der Waals surface area contributed by atoms with Crippen LogP contribution in [0.4, 0.5) is 0 Å². The number of ether oxygens (including phenoxy) is 1. The molecule has 2 rings (SSSR count). The van der Waals surface area contributed by atoms with E-state index in [2.05, 4.69) is 17.4 Å². The van der Waals surface area contributed by atoms with E-state index in [0.717, 1.165) is 6.42 Å². The lowest BCUT2D eigenvalue weighted by molar-refractivity contribution is 0.0534. The molecule has 1 heterocycles. The second kappa shape index (κ2) is 4.53. The van der Waals surface area contributed by atoms with E-state index in [-0.39, 0.29) is 11.6 Å². The van der Waals surface area contributed by atoms with Crippen LogP contribution in [0.25, 0.3) is 0 Å². The molecule has 0 aromatic heterocycles. The zero-order chi connectivity index (χ0) is 11.6. The van der Waals surface area contributed by atoms with Gasteiger partial charge in [-0.3, -0.25) is 0 Å². The molecular weight excluding hydrogens is 202 g/mol. The lowest BCUT2D eigenvalue weighted by Crippen LogP contribution is -2.47. The van der Waals surface area contributed by atoms with Gasteiger partial charge in [0.1, 0.15) is 11.7 Å². The predicted molar refractivity (Wildman–Crippen MR) is 63.4 cm³/mol. The van der Waals surface area contributed by atoms with Gasteiger partial charge in [-0.15, -0.1) is 0 Å². The van der Waals surface area contributed by atoms with Crippen LogP contribution in [0.5, 0.6) is 0 Å². The second-order valence-electron chi connectivity index (χ2n) is 4.63. The Balaban J connectivity index is 2.00. The van der Waals surface area contributed by atoms with Gasteiger partial charge in [0.15, 0.2) is 0 Å². The van der Waals surface area contributed by atoms with Gasteiger partial charge in [-0.05, 0) is 26.0 Å². The Morgan fingerprint density at radius 1 is 1.44 bits per heavy atom. The summed E-state index contributed by atoms with van der Waals surface area (Å²) in [4.78, 5) is 0. The van der Waals surface area contributed by atoms with Crippen molar-refractivity contribution in [3.05, 3.63) is 35.9 Å². The minimum Gasteiger partial charge on any atom is -0.388 e. The molecule has 3 nitrogen and oxygen atoms in total. The molecule has 0 amide bonds. The number of likely N-dealkylation sites (N-methyl/N-ethyl adjacent to an activating group) is 1. The number of hydrogen-bond donors (Lipinski definition) is 2. The molecule has 0 spiro atoms. The van der Waals surface area contributed by atoms with Gasteiger partial charge in [-0.25, -0.2) is 0 Å². The molecule has 1 unspecified atom stereocenters. The number of aliphatic hydroxyl groups excluding tert-OH is 1. The third kappa shape index (κ3) is 2.43. The summed E-state index contributed by atoms with van der Waals surface area (Å²) in [7, 11) is 1.88. The molecule has 1 aromatic carbocycles. The molecule has 1 aliphatic heterocycles. The van der Waals surface area contributed by atoms with E-state index in [9.17, 15) is 5.11 Å². The number of aliphatic hydroxyl groups is 1. The zero-order valence-corrected chi connectivity index (χ0v) is 9.81. The number of nitrogens with one attached hydrogen (secondary N) is 1. The molecule has 0 radical (unpaired) electrons. The fourth-order valence-electron chi connectivity index (χ4n) is 1.95. The lowest BCUT2D eigenvalue weighted by atomic mass is 9.93. The highest BCUT2D eigenvalue weighted by atomic mass is 16.6. The van der Waals surface area contributed by atoms with Gasteiger partial charge >= 0.3 is 0 Å². The Bertz CT molecular complexity index is 335. The standard InChI is InChI=1S/C13H19NO2/c1-13(9-16-13)12(15)11(14-2)8-10-6-4-3-5-7-10/h3-7,11-12,14-15H,8-9H2,1-2H3/t11?,12-,13+/m1/s1. The Morgan fingerprint density at radius 3 is 2.56 bits per heavy atom. The maximum absolute atomic E-state index is 10.2. The minimum absolute atomic E-state index is 0.0369. The number of epoxide rings is 1. The average molecular weight is 221 g/mol. The summed E-state index contributed by atoms with van der Waals surface area (Å²) in [6, 6.07) is 10.2. The van der Waals surface area contributed by atoms with Crippen LogP contribution < -0.4 is 5.32 Å². The SMILES string of the molecule is CNC(Cc1ccccc1)[C@@H](O)[C@]1(C)CO1. The molecule has 3 heteroatoms. The molecule has 3 atom stereocenters. The van der Waals surface area contributed by atoms with Crippen molar-refractivity contribution < 1.29 is 9.84 Å². The number of hydrogen-bond acceptors (Lipinski definition) is 3. The summed E-state index contributed by atoms with van der Waals surface area (Å²) < 4.78 is 5.29.